The van der Waals surface area contributed by atoms with Gasteiger partial charge in [-0.1, -0.05) is 19.1 Å². The van der Waals surface area contributed by atoms with Gasteiger partial charge in [0.05, 0.1) is 13.2 Å². The number of pyridine rings is 1. The van der Waals surface area contributed by atoms with Gasteiger partial charge in [0.2, 0.25) is 0 Å². The lowest BCUT2D eigenvalue weighted by atomic mass is 9.88. The van der Waals surface area contributed by atoms with Crippen molar-refractivity contribution in [2.75, 3.05) is 32.1 Å². The Balaban J connectivity index is 1.65. The molecule has 0 unspecified atom stereocenters. The molecule has 1 aliphatic rings. The summed E-state index contributed by atoms with van der Waals surface area (Å²) in [5, 5.41) is 2.90. The van der Waals surface area contributed by atoms with E-state index in [1.807, 2.05) is 44.2 Å². The summed E-state index contributed by atoms with van der Waals surface area (Å²) in [6.07, 6.45) is 0. The summed E-state index contributed by atoms with van der Waals surface area (Å²) in [5.41, 5.74) is 3.99. The van der Waals surface area contributed by atoms with Crippen LogP contribution in [-0.4, -0.2) is 42.6 Å². The molecular formula is C21H27N3O2. The van der Waals surface area contributed by atoms with E-state index in [0.717, 1.165) is 43.1 Å². The maximum Gasteiger partial charge on any atom is 0.256 e. The molecule has 2 aromatic rings. The number of carbonyl (C=O) groups excluding carboxylic acids is 1. The first kappa shape index (κ1) is 18.5. The smallest absolute Gasteiger partial charge is 0.256 e. The molecule has 26 heavy (non-hydrogen) atoms. The topological polar surface area (TPSA) is 54.5 Å². The van der Waals surface area contributed by atoms with Crippen LogP contribution in [0.3, 0.4) is 0 Å². The highest BCUT2D eigenvalue weighted by Gasteiger charge is 2.34. The van der Waals surface area contributed by atoms with E-state index >= 15 is 0 Å². The first-order chi connectivity index (χ1) is 12.3. The SMILES string of the molecule is Cc1cc(C)nc(NC(=O)c2cccc(CN(C)CC3(C)COC3)c2)c1. The van der Waals surface area contributed by atoms with Gasteiger partial charge in [-0.25, -0.2) is 4.98 Å². The lowest BCUT2D eigenvalue weighted by Crippen LogP contribution is -2.47. The fraction of sp³-hybridized carbons (Fsp3) is 0.429. The average Bonchev–Trinajstić information content (AvgIpc) is 2.52. The Morgan fingerprint density at radius 1 is 1.27 bits per heavy atom. The molecule has 0 aliphatic carbocycles. The Kier molecular flexibility index (Phi) is 5.39. The normalized spacial score (nSPS) is 15.6. The second-order valence-corrected chi connectivity index (χ2v) is 7.80. The first-order valence-corrected chi connectivity index (χ1v) is 8.95. The second kappa shape index (κ2) is 7.56. The van der Waals surface area contributed by atoms with Crippen molar-refractivity contribution >= 4 is 11.7 Å². The number of nitrogens with zero attached hydrogens (tertiary/aromatic N) is 2. The number of hydrogen-bond acceptors (Lipinski definition) is 4. The van der Waals surface area contributed by atoms with Crippen LogP contribution < -0.4 is 5.32 Å². The third-order valence-electron chi connectivity index (χ3n) is 4.53. The molecule has 0 radical (unpaired) electrons. The van der Waals surface area contributed by atoms with Crippen molar-refractivity contribution in [2.45, 2.75) is 27.3 Å². The van der Waals surface area contributed by atoms with Crippen molar-refractivity contribution in [1.82, 2.24) is 9.88 Å². The number of ether oxygens (including phenoxy) is 1. The zero-order chi connectivity index (χ0) is 18.7. The standard InChI is InChI=1S/C21H27N3O2/c1-15-8-16(2)22-19(9-15)23-20(25)18-7-5-6-17(10-18)11-24(4)12-21(3)13-26-14-21/h5-10H,11-14H2,1-4H3,(H,22,23,25). The number of carbonyl (C=O) groups is 1. The molecule has 1 fully saturated rings. The van der Waals surface area contributed by atoms with Crippen LogP contribution in [0.2, 0.25) is 0 Å². The van der Waals surface area contributed by atoms with Crippen molar-refractivity contribution in [3.05, 3.63) is 58.8 Å². The lowest BCUT2D eigenvalue weighted by Gasteiger charge is -2.40. The van der Waals surface area contributed by atoms with Crippen LogP contribution in [0.5, 0.6) is 0 Å². The van der Waals surface area contributed by atoms with Crippen LogP contribution >= 0.6 is 0 Å². The molecule has 0 spiro atoms. The van der Waals surface area contributed by atoms with Crippen molar-refractivity contribution in [3.8, 4) is 0 Å². The molecule has 2 heterocycles. The number of benzene rings is 1. The van der Waals surface area contributed by atoms with E-state index in [9.17, 15) is 4.79 Å². The van der Waals surface area contributed by atoms with Crippen LogP contribution in [0.4, 0.5) is 5.82 Å². The van der Waals surface area contributed by atoms with E-state index in [-0.39, 0.29) is 11.3 Å². The summed E-state index contributed by atoms with van der Waals surface area (Å²) in [4.78, 5) is 19.2. The van der Waals surface area contributed by atoms with Crippen LogP contribution in [0.15, 0.2) is 36.4 Å². The van der Waals surface area contributed by atoms with Crippen molar-refractivity contribution in [3.63, 3.8) is 0 Å². The Hall–Kier alpha value is -2.24. The van der Waals surface area contributed by atoms with Crippen LogP contribution in [0, 0.1) is 19.3 Å². The Morgan fingerprint density at radius 3 is 2.69 bits per heavy atom. The second-order valence-electron chi connectivity index (χ2n) is 7.80. The van der Waals surface area contributed by atoms with Gasteiger partial charge in [0.1, 0.15) is 5.82 Å². The Bertz CT molecular complexity index is 779. The molecule has 1 amide bonds. The minimum Gasteiger partial charge on any atom is -0.380 e. The molecule has 1 aliphatic heterocycles. The summed E-state index contributed by atoms with van der Waals surface area (Å²) in [6.45, 7) is 9.59. The van der Waals surface area contributed by atoms with Gasteiger partial charge < -0.3 is 15.0 Å². The summed E-state index contributed by atoms with van der Waals surface area (Å²) in [6, 6.07) is 11.6. The Labute approximate surface area is 155 Å². The van der Waals surface area contributed by atoms with Gasteiger partial charge in [-0.05, 0) is 56.3 Å². The van der Waals surface area contributed by atoms with E-state index < -0.39 is 0 Å². The predicted molar refractivity (Wildman–Crippen MR) is 103 cm³/mol. The molecule has 1 aromatic heterocycles. The monoisotopic (exact) mass is 353 g/mol. The fourth-order valence-electron chi connectivity index (χ4n) is 3.47. The molecule has 1 saturated heterocycles. The van der Waals surface area contributed by atoms with Crippen molar-refractivity contribution < 1.29 is 9.53 Å². The van der Waals surface area contributed by atoms with Gasteiger partial charge in [-0.15, -0.1) is 0 Å². The van der Waals surface area contributed by atoms with Crippen LogP contribution in [0.1, 0.15) is 34.1 Å². The van der Waals surface area contributed by atoms with Crippen LogP contribution in [0.25, 0.3) is 0 Å². The third kappa shape index (κ3) is 4.68. The quantitative estimate of drug-likeness (QED) is 0.865. The van der Waals surface area contributed by atoms with Gasteiger partial charge in [-0.3, -0.25) is 4.79 Å². The van der Waals surface area contributed by atoms with E-state index in [0.29, 0.717) is 11.4 Å². The largest absolute Gasteiger partial charge is 0.380 e. The van der Waals surface area contributed by atoms with E-state index in [4.69, 9.17) is 4.74 Å². The lowest BCUT2D eigenvalue weighted by molar-refractivity contribution is -0.113. The zero-order valence-corrected chi connectivity index (χ0v) is 16.0. The first-order valence-electron chi connectivity index (χ1n) is 8.95. The van der Waals surface area contributed by atoms with E-state index in [1.54, 1.807) is 0 Å². The molecule has 1 N–H and O–H groups in total. The summed E-state index contributed by atoms with van der Waals surface area (Å²) < 4.78 is 5.33. The van der Waals surface area contributed by atoms with Gasteiger partial charge in [0.25, 0.3) is 5.91 Å². The van der Waals surface area contributed by atoms with Crippen LogP contribution in [-0.2, 0) is 11.3 Å². The minimum atomic E-state index is -0.133. The summed E-state index contributed by atoms with van der Waals surface area (Å²) in [5.74, 6) is 0.458. The highest BCUT2D eigenvalue weighted by Crippen LogP contribution is 2.27. The Morgan fingerprint density at radius 2 is 2.04 bits per heavy atom. The van der Waals surface area contributed by atoms with Crippen molar-refractivity contribution in [2.24, 2.45) is 5.41 Å². The van der Waals surface area contributed by atoms with Gasteiger partial charge in [0, 0.05) is 29.8 Å². The molecule has 0 bridgehead atoms. The highest BCUT2D eigenvalue weighted by atomic mass is 16.5. The van der Waals surface area contributed by atoms with Gasteiger partial charge >= 0.3 is 0 Å². The number of aryl methyl sites for hydroxylation is 2. The molecule has 0 atom stereocenters. The average molecular weight is 353 g/mol. The predicted octanol–water partition coefficient (Wildman–Crippen LogP) is 3.42. The molecule has 5 heteroatoms. The molecular weight excluding hydrogens is 326 g/mol. The number of amides is 1. The number of nitrogens with one attached hydrogen (secondary N) is 1. The van der Waals surface area contributed by atoms with E-state index in [2.05, 4.69) is 35.2 Å². The maximum absolute atomic E-state index is 12.6. The van der Waals surface area contributed by atoms with Gasteiger partial charge in [-0.2, -0.15) is 0 Å². The number of anilines is 1. The fourth-order valence-corrected chi connectivity index (χ4v) is 3.47. The highest BCUT2D eigenvalue weighted by molar-refractivity contribution is 6.03. The summed E-state index contributed by atoms with van der Waals surface area (Å²) >= 11 is 0. The number of hydrogen-bond donors (Lipinski definition) is 1. The van der Waals surface area contributed by atoms with Crippen molar-refractivity contribution in [1.29, 1.82) is 0 Å². The zero-order valence-electron chi connectivity index (χ0n) is 16.0. The molecule has 1 aromatic carbocycles. The summed E-state index contributed by atoms with van der Waals surface area (Å²) in [7, 11) is 2.11. The minimum absolute atomic E-state index is 0.133. The molecule has 5 nitrogen and oxygen atoms in total. The van der Waals surface area contributed by atoms with E-state index in [1.165, 1.54) is 0 Å². The third-order valence-corrected chi connectivity index (χ3v) is 4.53. The maximum atomic E-state index is 12.6. The number of rotatable bonds is 6. The van der Waals surface area contributed by atoms with Gasteiger partial charge in [0.15, 0.2) is 0 Å². The molecule has 3 rings (SSSR count). The molecule has 138 valence electrons. The number of aromatic nitrogens is 1. The molecule has 0 saturated carbocycles.